The van der Waals surface area contributed by atoms with Crippen LogP contribution in [0.5, 0.6) is 5.75 Å². The van der Waals surface area contributed by atoms with Gasteiger partial charge in [-0.3, -0.25) is 0 Å². The van der Waals surface area contributed by atoms with Gasteiger partial charge in [-0.25, -0.2) is 18.1 Å². The van der Waals surface area contributed by atoms with E-state index in [1.54, 1.807) is 30.3 Å². The van der Waals surface area contributed by atoms with Crippen molar-refractivity contribution >= 4 is 16.0 Å². The zero-order valence-electron chi connectivity index (χ0n) is 16.3. The van der Waals surface area contributed by atoms with Gasteiger partial charge >= 0.3 is 0 Å². The maximum absolute atomic E-state index is 12.2. The van der Waals surface area contributed by atoms with Gasteiger partial charge < -0.3 is 15.4 Å². The third-order valence-corrected chi connectivity index (χ3v) is 5.26. The molecule has 0 aromatic heterocycles. The highest BCUT2D eigenvalue weighted by molar-refractivity contribution is 7.89. The summed E-state index contributed by atoms with van der Waals surface area (Å²) >= 11 is 0. The van der Waals surface area contributed by atoms with Crippen molar-refractivity contribution in [3.05, 3.63) is 60.2 Å². The standard InChI is InChI=1S/C20H28N4O3S/c1-3-21-20(23-16-17-10-8-9-13-19(17)27-4-2)22-14-15-24-28(25,26)18-11-6-5-7-12-18/h5-13,24H,3-4,14-16H2,1-2H3,(H2,21,22,23). The maximum atomic E-state index is 12.2. The van der Waals surface area contributed by atoms with Crippen LogP contribution in [0.2, 0.25) is 0 Å². The SMILES string of the molecule is CCNC(=NCc1ccccc1OCC)NCCNS(=O)(=O)c1ccccc1. The lowest BCUT2D eigenvalue weighted by Crippen LogP contribution is -2.41. The van der Waals surface area contributed by atoms with Gasteiger partial charge in [-0.05, 0) is 32.0 Å². The second kappa shape index (κ2) is 11.3. The third kappa shape index (κ3) is 6.86. The first kappa shape index (κ1) is 21.7. The summed E-state index contributed by atoms with van der Waals surface area (Å²) in [6.45, 7) is 6.34. The number of sulfonamides is 1. The Balaban J connectivity index is 1.90. The summed E-state index contributed by atoms with van der Waals surface area (Å²) in [4.78, 5) is 4.81. The highest BCUT2D eigenvalue weighted by atomic mass is 32.2. The Kier molecular flexibility index (Phi) is 8.77. The van der Waals surface area contributed by atoms with Gasteiger partial charge in [0.05, 0.1) is 18.0 Å². The average Bonchev–Trinajstić information content (AvgIpc) is 2.71. The van der Waals surface area contributed by atoms with Crippen molar-refractivity contribution in [1.82, 2.24) is 15.4 Å². The lowest BCUT2D eigenvalue weighted by atomic mass is 10.2. The fourth-order valence-electron chi connectivity index (χ4n) is 2.49. The monoisotopic (exact) mass is 404 g/mol. The molecule has 8 heteroatoms. The van der Waals surface area contributed by atoms with Crippen LogP contribution in [0, 0.1) is 0 Å². The van der Waals surface area contributed by atoms with Crippen LogP contribution < -0.4 is 20.1 Å². The predicted molar refractivity (Wildman–Crippen MR) is 112 cm³/mol. The Morgan fingerprint density at radius 3 is 2.39 bits per heavy atom. The molecule has 2 aromatic rings. The zero-order chi connectivity index (χ0) is 20.2. The lowest BCUT2D eigenvalue weighted by Gasteiger charge is -2.13. The van der Waals surface area contributed by atoms with Gasteiger partial charge in [0.15, 0.2) is 5.96 Å². The zero-order valence-corrected chi connectivity index (χ0v) is 17.1. The summed E-state index contributed by atoms with van der Waals surface area (Å²) in [6, 6.07) is 16.1. The molecule has 0 saturated carbocycles. The van der Waals surface area contributed by atoms with Crippen LogP contribution >= 0.6 is 0 Å². The number of aliphatic imine (C=N–C) groups is 1. The summed E-state index contributed by atoms with van der Waals surface area (Å²) in [5, 5.41) is 6.29. The van der Waals surface area contributed by atoms with Crippen molar-refractivity contribution in [3.8, 4) is 5.75 Å². The summed E-state index contributed by atoms with van der Waals surface area (Å²) in [6.07, 6.45) is 0. The third-order valence-electron chi connectivity index (χ3n) is 3.79. The molecule has 0 aliphatic carbocycles. The molecule has 0 saturated heterocycles. The van der Waals surface area contributed by atoms with Gasteiger partial charge in [0, 0.05) is 25.2 Å². The van der Waals surface area contributed by atoms with Crippen molar-refractivity contribution in [3.63, 3.8) is 0 Å². The van der Waals surface area contributed by atoms with E-state index in [9.17, 15) is 8.42 Å². The second-order valence-electron chi connectivity index (χ2n) is 5.87. The summed E-state index contributed by atoms with van der Waals surface area (Å²) in [7, 11) is -3.50. The van der Waals surface area contributed by atoms with E-state index in [1.807, 2.05) is 38.1 Å². The van der Waals surface area contributed by atoms with Crippen LogP contribution in [-0.2, 0) is 16.6 Å². The number of nitrogens with one attached hydrogen (secondary N) is 3. The second-order valence-corrected chi connectivity index (χ2v) is 7.64. The normalized spacial score (nSPS) is 11.9. The van der Waals surface area contributed by atoms with Gasteiger partial charge in [0.25, 0.3) is 0 Å². The molecule has 7 nitrogen and oxygen atoms in total. The van der Waals surface area contributed by atoms with Crippen molar-refractivity contribution in [1.29, 1.82) is 0 Å². The fraction of sp³-hybridized carbons (Fsp3) is 0.350. The van der Waals surface area contributed by atoms with Crippen molar-refractivity contribution in [2.75, 3.05) is 26.2 Å². The lowest BCUT2D eigenvalue weighted by molar-refractivity contribution is 0.336. The van der Waals surface area contributed by atoms with Crippen LogP contribution in [0.1, 0.15) is 19.4 Å². The summed E-state index contributed by atoms with van der Waals surface area (Å²) in [5.41, 5.74) is 0.992. The van der Waals surface area contributed by atoms with Gasteiger partial charge in [0.2, 0.25) is 10.0 Å². The van der Waals surface area contributed by atoms with E-state index in [0.717, 1.165) is 11.3 Å². The number of hydrogen-bond acceptors (Lipinski definition) is 4. The fourth-order valence-corrected chi connectivity index (χ4v) is 3.54. The van der Waals surface area contributed by atoms with Gasteiger partial charge in [0.1, 0.15) is 5.75 Å². The molecule has 0 fully saturated rings. The smallest absolute Gasteiger partial charge is 0.240 e. The van der Waals surface area contributed by atoms with Gasteiger partial charge in [-0.1, -0.05) is 36.4 Å². The molecule has 0 atom stereocenters. The van der Waals surface area contributed by atoms with E-state index < -0.39 is 10.0 Å². The minimum atomic E-state index is -3.50. The Labute approximate surface area is 167 Å². The summed E-state index contributed by atoms with van der Waals surface area (Å²) < 4.78 is 32.6. The van der Waals surface area contributed by atoms with E-state index in [-0.39, 0.29) is 11.4 Å². The summed E-state index contributed by atoms with van der Waals surface area (Å²) in [5.74, 6) is 1.44. The van der Waals surface area contributed by atoms with E-state index >= 15 is 0 Å². The number of benzene rings is 2. The Morgan fingerprint density at radius 2 is 1.68 bits per heavy atom. The minimum Gasteiger partial charge on any atom is -0.494 e. The van der Waals surface area contributed by atoms with Crippen molar-refractivity contribution in [2.24, 2.45) is 4.99 Å². The molecule has 2 rings (SSSR count). The number of nitrogens with zero attached hydrogens (tertiary/aromatic N) is 1. The molecule has 28 heavy (non-hydrogen) atoms. The van der Waals surface area contributed by atoms with E-state index in [2.05, 4.69) is 20.3 Å². The number of ether oxygens (including phenoxy) is 1. The first-order valence-electron chi connectivity index (χ1n) is 9.34. The molecule has 0 heterocycles. The largest absolute Gasteiger partial charge is 0.494 e. The van der Waals surface area contributed by atoms with Gasteiger partial charge in [-0.2, -0.15) is 0 Å². The minimum absolute atomic E-state index is 0.247. The molecular weight excluding hydrogens is 376 g/mol. The highest BCUT2D eigenvalue weighted by Gasteiger charge is 2.12. The number of para-hydroxylation sites is 1. The van der Waals surface area contributed by atoms with Crippen LogP contribution in [0.25, 0.3) is 0 Å². The molecule has 152 valence electrons. The van der Waals surface area contributed by atoms with Crippen molar-refractivity contribution in [2.45, 2.75) is 25.3 Å². The van der Waals surface area contributed by atoms with E-state index in [1.165, 1.54) is 0 Å². The van der Waals surface area contributed by atoms with E-state index in [0.29, 0.717) is 32.2 Å². The molecule has 0 aliphatic rings. The molecule has 2 aromatic carbocycles. The predicted octanol–water partition coefficient (Wildman–Crippen LogP) is 2.12. The molecule has 3 N–H and O–H groups in total. The molecule has 0 spiro atoms. The number of rotatable bonds is 10. The molecule has 0 unspecified atom stereocenters. The maximum Gasteiger partial charge on any atom is 0.240 e. The van der Waals surface area contributed by atoms with E-state index in [4.69, 9.17) is 4.74 Å². The Morgan fingerprint density at radius 1 is 0.964 bits per heavy atom. The molecule has 0 aliphatic heterocycles. The van der Waals surface area contributed by atoms with Crippen molar-refractivity contribution < 1.29 is 13.2 Å². The first-order valence-corrected chi connectivity index (χ1v) is 10.8. The Hall–Kier alpha value is -2.58. The highest BCUT2D eigenvalue weighted by Crippen LogP contribution is 2.18. The van der Waals surface area contributed by atoms with Gasteiger partial charge in [-0.15, -0.1) is 0 Å². The average molecular weight is 405 g/mol. The number of hydrogen-bond donors (Lipinski definition) is 3. The van der Waals surface area contributed by atoms with Crippen LogP contribution in [0.3, 0.4) is 0 Å². The Bertz CT molecular complexity index is 855. The quantitative estimate of drug-likeness (QED) is 0.321. The molecule has 0 radical (unpaired) electrons. The topological polar surface area (TPSA) is 91.8 Å². The molecule has 0 amide bonds. The van der Waals surface area contributed by atoms with Crippen LogP contribution in [0.15, 0.2) is 64.5 Å². The first-order chi connectivity index (χ1) is 13.6. The number of guanidine groups is 1. The molecule has 0 bridgehead atoms. The molecular formula is C20H28N4O3S. The van der Waals surface area contributed by atoms with Crippen LogP contribution in [0.4, 0.5) is 0 Å². The van der Waals surface area contributed by atoms with Crippen LogP contribution in [-0.4, -0.2) is 40.6 Å².